The van der Waals surface area contributed by atoms with Crippen molar-refractivity contribution < 1.29 is 38.8 Å². The van der Waals surface area contributed by atoms with Gasteiger partial charge in [-0.15, -0.1) is 0 Å². The van der Waals surface area contributed by atoms with Crippen LogP contribution in [0.5, 0.6) is 0 Å². The number of halogens is 1. The lowest BCUT2D eigenvalue weighted by Gasteiger charge is -2.37. The normalized spacial score (nSPS) is 29.2. The molecule has 5 rings (SSSR count). The number of nitrogens with zero attached hydrogens (tertiary/aromatic N) is 3. The molecule has 0 radical (unpaired) electrons. The maximum Gasteiger partial charge on any atom is 0.358 e. The van der Waals surface area contributed by atoms with E-state index in [9.17, 15) is 24.6 Å². The van der Waals surface area contributed by atoms with Crippen molar-refractivity contribution >= 4 is 35.9 Å². The predicted molar refractivity (Wildman–Crippen MR) is 140 cm³/mol. The number of fused-ring (bicyclic) bond motifs is 1. The van der Waals surface area contributed by atoms with Gasteiger partial charge < -0.3 is 44.1 Å². The van der Waals surface area contributed by atoms with Crippen LogP contribution in [0.25, 0.3) is 11.0 Å². The standard InChI is InChI=1S/C24H36ClN4O8P/c1-24(38(32,33)34,14-28-8-10-35-11-9-28)36-13-18-20(30)21(31)23(37-18)29-7-6-16-17(12-19(25)27-22(16)29)26-15-4-2-3-5-15/h6-7,12,15,18,20-21,23,30-31H,2-5,8-11,13-14H2,1H3,(H,26,27)(H2,32,33,34)/t18-,20-,21-,23-,24?/m1/s1. The molecule has 5 N–H and O–H groups in total. The van der Waals surface area contributed by atoms with E-state index >= 15 is 0 Å². The van der Waals surface area contributed by atoms with Gasteiger partial charge in [-0.1, -0.05) is 24.4 Å². The molecular formula is C24H36ClN4O8P. The molecule has 0 spiro atoms. The lowest BCUT2D eigenvalue weighted by atomic mass is 10.1. The minimum atomic E-state index is -4.71. The van der Waals surface area contributed by atoms with Gasteiger partial charge in [0.1, 0.15) is 29.1 Å². The number of anilines is 1. The highest BCUT2D eigenvalue weighted by atomic mass is 35.5. The van der Waals surface area contributed by atoms with Crippen LogP contribution in [0.4, 0.5) is 5.69 Å². The van der Waals surface area contributed by atoms with Crippen molar-refractivity contribution in [2.75, 3.05) is 44.8 Å². The summed E-state index contributed by atoms with van der Waals surface area (Å²) in [5, 5.41) is 24.5. The fourth-order valence-electron chi connectivity index (χ4n) is 5.47. The molecule has 0 amide bonds. The molecule has 2 aliphatic heterocycles. The second-order valence-corrected chi connectivity index (χ2v) is 13.0. The van der Waals surface area contributed by atoms with Crippen LogP contribution in [0.1, 0.15) is 38.8 Å². The molecule has 12 nitrogen and oxygen atoms in total. The van der Waals surface area contributed by atoms with Gasteiger partial charge in [-0.25, -0.2) is 4.98 Å². The van der Waals surface area contributed by atoms with Gasteiger partial charge in [0.15, 0.2) is 11.6 Å². The number of nitrogens with one attached hydrogen (secondary N) is 1. The summed E-state index contributed by atoms with van der Waals surface area (Å²) in [6, 6.07) is 3.99. The molecular weight excluding hydrogens is 539 g/mol. The second kappa shape index (κ2) is 11.3. The summed E-state index contributed by atoms with van der Waals surface area (Å²) in [7, 11) is -4.71. The van der Waals surface area contributed by atoms with Crippen molar-refractivity contribution in [3.05, 3.63) is 23.5 Å². The Labute approximate surface area is 226 Å². The van der Waals surface area contributed by atoms with Crippen molar-refractivity contribution in [2.24, 2.45) is 0 Å². The zero-order valence-corrected chi connectivity index (χ0v) is 22.9. The van der Waals surface area contributed by atoms with Gasteiger partial charge in [0.05, 0.1) is 19.8 Å². The first kappa shape index (κ1) is 28.2. The van der Waals surface area contributed by atoms with Crippen molar-refractivity contribution in [2.45, 2.75) is 68.5 Å². The maximum atomic E-state index is 12.4. The van der Waals surface area contributed by atoms with Crippen LogP contribution in [0.3, 0.4) is 0 Å². The molecule has 1 unspecified atom stereocenters. The highest BCUT2D eigenvalue weighted by molar-refractivity contribution is 7.53. The van der Waals surface area contributed by atoms with Gasteiger partial charge >= 0.3 is 7.60 Å². The smallest absolute Gasteiger partial charge is 0.358 e. The van der Waals surface area contributed by atoms with E-state index in [0.29, 0.717) is 38.0 Å². The summed E-state index contributed by atoms with van der Waals surface area (Å²) in [5.41, 5.74) is 1.34. The molecule has 5 atom stereocenters. The monoisotopic (exact) mass is 574 g/mol. The summed E-state index contributed by atoms with van der Waals surface area (Å²) in [4.78, 5) is 26.5. The minimum Gasteiger partial charge on any atom is -0.387 e. The molecule has 2 aromatic heterocycles. The average Bonchev–Trinajstić information content (AvgIpc) is 3.59. The van der Waals surface area contributed by atoms with E-state index in [1.807, 2.05) is 11.0 Å². The number of aliphatic hydroxyl groups is 2. The third-order valence-corrected chi connectivity index (χ3v) is 9.47. The highest BCUT2D eigenvalue weighted by Gasteiger charge is 2.49. The Morgan fingerprint density at radius 2 is 1.95 bits per heavy atom. The molecule has 2 aromatic rings. The summed E-state index contributed by atoms with van der Waals surface area (Å²) >= 11 is 6.34. The largest absolute Gasteiger partial charge is 0.387 e. The van der Waals surface area contributed by atoms with E-state index in [4.69, 9.17) is 25.8 Å². The maximum absolute atomic E-state index is 12.4. The number of aromatic nitrogens is 2. The van der Waals surface area contributed by atoms with Gasteiger partial charge in [-0.05, 0) is 31.9 Å². The minimum absolute atomic E-state index is 0.0170. The third kappa shape index (κ3) is 5.76. The fraction of sp³-hybridized carbons (Fsp3) is 0.708. The van der Waals surface area contributed by atoms with E-state index in [1.54, 1.807) is 16.8 Å². The Kier molecular flexibility index (Phi) is 8.38. The van der Waals surface area contributed by atoms with Gasteiger partial charge in [-0.3, -0.25) is 9.46 Å². The molecule has 1 saturated carbocycles. The summed E-state index contributed by atoms with van der Waals surface area (Å²) in [6.07, 6.45) is 1.54. The Morgan fingerprint density at radius 1 is 1.24 bits per heavy atom. The average molecular weight is 575 g/mol. The molecule has 14 heteroatoms. The van der Waals surface area contributed by atoms with Crippen LogP contribution >= 0.6 is 19.2 Å². The van der Waals surface area contributed by atoms with Crippen LogP contribution in [0.2, 0.25) is 5.15 Å². The lowest BCUT2D eigenvalue weighted by molar-refractivity contribution is -0.101. The molecule has 38 heavy (non-hydrogen) atoms. The van der Waals surface area contributed by atoms with E-state index in [2.05, 4.69) is 10.3 Å². The van der Waals surface area contributed by atoms with Crippen LogP contribution in [0.15, 0.2) is 18.3 Å². The van der Waals surface area contributed by atoms with Crippen LogP contribution < -0.4 is 5.32 Å². The molecule has 0 bridgehead atoms. The number of ether oxygens (including phenoxy) is 3. The number of rotatable bonds is 9. The SMILES string of the molecule is CC(CN1CCOCC1)(OC[C@H]1O[C@@H](n2ccc3c(NC4CCCC4)cc(Cl)nc32)[C@H](O)[C@@H]1O)P(=O)(O)O. The Hall–Kier alpha value is -1.31. The first-order valence-corrected chi connectivity index (χ1v) is 15.0. The highest BCUT2D eigenvalue weighted by Crippen LogP contribution is 2.52. The number of hydrogen-bond acceptors (Lipinski definition) is 9. The molecule has 1 aliphatic carbocycles. The Balaban J connectivity index is 1.32. The molecule has 212 valence electrons. The van der Waals surface area contributed by atoms with Gasteiger partial charge in [-0.2, -0.15) is 0 Å². The quantitative estimate of drug-likeness (QED) is 0.220. The lowest BCUT2D eigenvalue weighted by Crippen LogP contribution is -2.48. The van der Waals surface area contributed by atoms with Gasteiger partial charge in [0.2, 0.25) is 0 Å². The Morgan fingerprint density at radius 3 is 2.63 bits per heavy atom. The number of morpholine rings is 1. The molecule has 4 heterocycles. The fourth-order valence-corrected chi connectivity index (χ4v) is 6.28. The van der Waals surface area contributed by atoms with Crippen LogP contribution in [0, 0.1) is 0 Å². The third-order valence-electron chi connectivity index (χ3n) is 7.78. The van der Waals surface area contributed by atoms with Crippen molar-refractivity contribution in [1.82, 2.24) is 14.5 Å². The second-order valence-electron chi connectivity index (χ2n) is 10.5. The van der Waals surface area contributed by atoms with Gasteiger partial charge in [0, 0.05) is 42.9 Å². The van der Waals surface area contributed by atoms with E-state index in [-0.39, 0.29) is 18.3 Å². The van der Waals surface area contributed by atoms with Crippen molar-refractivity contribution in [3.8, 4) is 0 Å². The summed E-state index contributed by atoms with van der Waals surface area (Å²) in [5.74, 6) is 0. The molecule has 3 aliphatic rings. The Bertz CT molecular complexity index is 1170. The number of pyridine rings is 1. The molecule has 0 aromatic carbocycles. The summed E-state index contributed by atoms with van der Waals surface area (Å²) in [6.45, 7) is 2.99. The van der Waals surface area contributed by atoms with E-state index in [1.165, 1.54) is 19.8 Å². The first-order chi connectivity index (χ1) is 18.1. The zero-order valence-electron chi connectivity index (χ0n) is 21.3. The number of aliphatic hydroxyl groups excluding tert-OH is 2. The van der Waals surface area contributed by atoms with Crippen LogP contribution in [-0.4, -0.2) is 104 Å². The van der Waals surface area contributed by atoms with Crippen molar-refractivity contribution in [1.29, 1.82) is 0 Å². The van der Waals surface area contributed by atoms with E-state index in [0.717, 1.165) is 23.9 Å². The first-order valence-electron chi connectivity index (χ1n) is 13.0. The molecule has 3 fully saturated rings. The van der Waals surface area contributed by atoms with Gasteiger partial charge in [0.25, 0.3) is 0 Å². The zero-order chi connectivity index (χ0) is 27.1. The number of hydrogen-bond donors (Lipinski definition) is 5. The van der Waals surface area contributed by atoms with Crippen molar-refractivity contribution in [3.63, 3.8) is 0 Å². The summed E-state index contributed by atoms with van der Waals surface area (Å²) < 4.78 is 31.1. The van der Waals surface area contributed by atoms with E-state index < -0.39 is 37.5 Å². The molecule has 2 saturated heterocycles. The predicted octanol–water partition coefficient (Wildman–Crippen LogP) is 1.91. The topological polar surface area (TPSA) is 159 Å². The van der Waals surface area contributed by atoms with Crippen LogP contribution in [-0.2, 0) is 18.8 Å².